The van der Waals surface area contributed by atoms with Gasteiger partial charge < -0.3 is 15.2 Å². The average molecular weight is 368 g/mol. The van der Waals surface area contributed by atoms with Gasteiger partial charge in [0.25, 0.3) is 0 Å². The monoisotopic (exact) mass is 368 g/mol. The molecular weight excluding hydrogens is 352 g/mol. The number of thiazole rings is 1. The van der Waals surface area contributed by atoms with E-state index in [1.807, 2.05) is 6.07 Å². The second kappa shape index (κ2) is 8.13. The van der Waals surface area contributed by atoms with Crippen LogP contribution in [0.2, 0.25) is 0 Å². The van der Waals surface area contributed by atoms with Gasteiger partial charge in [-0.05, 0) is 35.9 Å². The van der Waals surface area contributed by atoms with Gasteiger partial charge >= 0.3 is 5.97 Å². The zero-order valence-electron chi connectivity index (χ0n) is 13.9. The number of nitrogens with zero attached hydrogens (tertiary/aromatic N) is 2. The lowest BCUT2D eigenvalue weighted by Crippen LogP contribution is -2.09. The van der Waals surface area contributed by atoms with E-state index < -0.39 is 5.97 Å². The Hall–Kier alpha value is -3.39. The summed E-state index contributed by atoms with van der Waals surface area (Å²) >= 11 is 1.36. The van der Waals surface area contributed by atoms with E-state index in [4.69, 9.17) is 15.2 Å². The maximum Gasteiger partial charge on any atom is 0.343 e. The van der Waals surface area contributed by atoms with Crippen LogP contribution in [0.5, 0.6) is 11.5 Å². The number of nitrogen functional groups attached to an aromatic ring is 1. The molecule has 0 aliphatic heterocycles. The van der Waals surface area contributed by atoms with E-state index in [0.717, 1.165) is 5.56 Å². The Bertz CT molecular complexity index is 925. The number of anilines is 2. The second-order valence-corrected chi connectivity index (χ2v) is 5.97. The van der Waals surface area contributed by atoms with Gasteiger partial charge in [-0.15, -0.1) is 11.3 Å². The Morgan fingerprint density at radius 1 is 1.23 bits per heavy atom. The number of hydrazone groups is 1. The number of hydrogen-bond acceptors (Lipinski definition) is 8. The highest BCUT2D eigenvalue weighted by Crippen LogP contribution is 2.28. The van der Waals surface area contributed by atoms with Crippen LogP contribution in [0.25, 0.3) is 0 Å². The van der Waals surface area contributed by atoms with Gasteiger partial charge in [0.05, 0.1) is 18.9 Å². The summed E-state index contributed by atoms with van der Waals surface area (Å²) in [5, 5.41) is 6.41. The van der Waals surface area contributed by atoms with Gasteiger partial charge in [-0.2, -0.15) is 5.10 Å². The van der Waals surface area contributed by atoms with Crippen molar-refractivity contribution in [3.63, 3.8) is 0 Å². The first-order valence-corrected chi connectivity index (χ1v) is 8.49. The van der Waals surface area contributed by atoms with Crippen LogP contribution in [0.4, 0.5) is 10.9 Å². The van der Waals surface area contributed by atoms with E-state index in [9.17, 15) is 4.79 Å². The van der Waals surface area contributed by atoms with E-state index in [1.54, 1.807) is 54.1 Å². The smallest absolute Gasteiger partial charge is 0.343 e. The van der Waals surface area contributed by atoms with Crippen molar-refractivity contribution >= 4 is 34.5 Å². The van der Waals surface area contributed by atoms with E-state index >= 15 is 0 Å². The Morgan fingerprint density at radius 3 is 2.73 bits per heavy atom. The van der Waals surface area contributed by atoms with E-state index in [0.29, 0.717) is 28.0 Å². The Labute approximate surface area is 154 Å². The van der Waals surface area contributed by atoms with Crippen LogP contribution in [-0.4, -0.2) is 24.3 Å². The summed E-state index contributed by atoms with van der Waals surface area (Å²) in [6.45, 7) is 0. The van der Waals surface area contributed by atoms with Crippen LogP contribution in [0.1, 0.15) is 15.9 Å². The molecule has 26 heavy (non-hydrogen) atoms. The van der Waals surface area contributed by atoms with Crippen LogP contribution in [0.15, 0.2) is 59.0 Å². The number of methoxy groups -OCH3 is 1. The molecule has 0 unspecified atom stereocenters. The Morgan fingerprint density at radius 2 is 2.04 bits per heavy atom. The first-order chi connectivity index (χ1) is 12.7. The third-order valence-electron chi connectivity index (χ3n) is 3.30. The van der Waals surface area contributed by atoms with E-state index in [2.05, 4.69) is 15.5 Å². The van der Waals surface area contributed by atoms with Gasteiger partial charge in [0.15, 0.2) is 11.5 Å². The number of aromatic nitrogens is 1. The largest absolute Gasteiger partial charge is 0.493 e. The molecule has 0 saturated carbocycles. The molecule has 1 heterocycles. The molecule has 0 atom stereocenters. The summed E-state index contributed by atoms with van der Waals surface area (Å²) in [4.78, 5) is 16.2. The minimum atomic E-state index is -0.451. The first kappa shape index (κ1) is 17.4. The molecule has 0 fully saturated rings. The number of ether oxygens (including phenoxy) is 2. The fourth-order valence-electron chi connectivity index (χ4n) is 2.08. The van der Waals surface area contributed by atoms with Crippen molar-refractivity contribution < 1.29 is 14.3 Å². The third kappa shape index (κ3) is 4.37. The number of rotatable bonds is 6. The summed E-state index contributed by atoms with van der Waals surface area (Å²) in [6, 6.07) is 13.9. The first-order valence-electron chi connectivity index (χ1n) is 7.61. The fraction of sp³-hybridized carbons (Fsp3) is 0.0556. The van der Waals surface area contributed by atoms with E-state index in [1.165, 1.54) is 18.4 Å². The van der Waals surface area contributed by atoms with Gasteiger partial charge in [-0.25, -0.2) is 9.78 Å². The minimum Gasteiger partial charge on any atom is -0.493 e. The van der Waals surface area contributed by atoms with Crippen molar-refractivity contribution in [2.75, 3.05) is 18.3 Å². The normalized spacial score (nSPS) is 10.7. The predicted molar refractivity (Wildman–Crippen MR) is 102 cm³/mol. The van der Waals surface area contributed by atoms with Gasteiger partial charge in [0.1, 0.15) is 5.82 Å². The molecule has 2 aromatic carbocycles. The topological polar surface area (TPSA) is 98.8 Å². The zero-order chi connectivity index (χ0) is 18.4. The van der Waals surface area contributed by atoms with Crippen molar-refractivity contribution in [3.05, 3.63) is 65.0 Å². The molecule has 0 radical (unpaired) electrons. The van der Waals surface area contributed by atoms with Crippen LogP contribution < -0.4 is 20.6 Å². The standard InChI is InChI=1S/C18H16N4O3S/c1-24-15-9-12(10-20-22-18-21-16(19)11-26-18)7-8-14(15)25-17(23)13-5-3-2-4-6-13/h2-11H,19H2,1H3,(H,21,22). The van der Waals surface area contributed by atoms with Gasteiger partial charge in [-0.1, -0.05) is 18.2 Å². The van der Waals surface area contributed by atoms with Crippen molar-refractivity contribution in [3.8, 4) is 11.5 Å². The molecule has 3 rings (SSSR count). The lowest BCUT2D eigenvalue weighted by Gasteiger charge is -2.09. The molecule has 1 aromatic heterocycles. The molecule has 132 valence electrons. The van der Waals surface area contributed by atoms with E-state index in [-0.39, 0.29) is 0 Å². The lowest BCUT2D eigenvalue weighted by atomic mass is 10.2. The third-order valence-corrected chi connectivity index (χ3v) is 4.06. The summed E-state index contributed by atoms with van der Waals surface area (Å²) in [6.07, 6.45) is 1.60. The SMILES string of the molecule is COc1cc(C=NNc2nc(N)cs2)ccc1OC(=O)c1ccccc1. The second-order valence-electron chi connectivity index (χ2n) is 5.11. The van der Waals surface area contributed by atoms with Gasteiger partial charge in [0.2, 0.25) is 5.13 Å². The van der Waals surface area contributed by atoms with Crippen molar-refractivity contribution in [2.24, 2.45) is 5.10 Å². The molecule has 0 aliphatic carbocycles. The van der Waals surface area contributed by atoms with Gasteiger partial charge in [-0.3, -0.25) is 5.43 Å². The summed E-state index contributed by atoms with van der Waals surface area (Å²) in [5.41, 5.74) is 9.56. The number of esters is 1. The predicted octanol–water partition coefficient (Wildman–Crippen LogP) is 3.40. The summed E-state index contributed by atoms with van der Waals surface area (Å²) < 4.78 is 10.7. The van der Waals surface area contributed by atoms with Crippen LogP contribution in [0.3, 0.4) is 0 Å². The lowest BCUT2D eigenvalue weighted by molar-refractivity contribution is 0.0729. The molecule has 0 amide bonds. The van der Waals surface area contributed by atoms with Crippen LogP contribution in [-0.2, 0) is 0 Å². The number of carbonyl (C=O) groups is 1. The molecule has 8 heteroatoms. The molecular formula is C18H16N4O3S. The average Bonchev–Trinajstić information content (AvgIpc) is 3.08. The molecule has 3 N–H and O–H groups in total. The molecule has 0 spiro atoms. The highest BCUT2D eigenvalue weighted by molar-refractivity contribution is 7.14. The molecule has 0 bridgehead atoms. The molecule has 7 nitrogen and oxygen atoms in total. The quantitative estimate of drug-likeness (QED) is 0.299. The van der Waals surface area contributed by atoms with Gasteiger partial charge in [0, 0.05) is 5.38 Å². The highest BCUT2D eigenvalue weighted by atomic mass is 32.1. The highest BCUT2D eigenvalue weighted by Gasteiger charge is 2.12. The molecule has 0 saturated heterocycles. The maximum atomic E-state index is 12.2. The number of carbonyl (C=O) groups excluding carboxylic acids is 1. The number of nitrogens with two attached hydrogens (primary N) is 1. The number of nitrogens with one attached hydrogen (secondary N) is 1. The fourth-order valence-corrected chi connectivity index (χ4v) is 2.63. The van der Waals surface area contributed by atoms with Crippen molar-refractivity contribution in [1.29, 1.82) is 0 Å². The van der Waals surface area contributed by atoms with Crippen molar-refractivity contribution in [2.45, 2.75) is 0 Å². The number of hydrogen-bond donors (Lipinski definition) is 2. The molecule has 3 aromatic rings. The maximum absolute atomic E-state index is 12.2. The van der Waals surface area contributed by atoms with Crippen molar-refractivity contribution in [1.82, 2.24) is 4.98 Å². The minimum absolute atomic E-state index is 0.333. The van der Waals surface area contributed by atoms with Crippen LogP contribution >= 0.6 is 11.3 Å². The zero-order valence-corrected chi connectivity index (χ0v) is 14.7. The Kier molecular flexibility index (Phi) is 5.45. The Balaban J connectivity index is 1.70. The van der Waals surface area contributed by atoms with Crippen LogP contribution in [0, 0.1) is 0 Å². The molecule has 0 aliphatic rings. The summed E-state index contributed by atoms with van der Waals surface area (Å²) in [7, 11) is 1.51. The summed E-state index contributed by atoms with van der Waals surface area (Å²) in [5.74, 6) is 0.753. The number of benzene rings is 2.